The SMILES string of the molecule is CC[C@H](CC(=O)NCC[C@@H]1CCCO1)c1ccccc1. The standard InChI is InChI=1S/C17H25NO2/c1-2-14(15-7-4-3-5-8-15)13-17(19)18-11-10-16-9-6-12-20-16/h3-5,7-8,14,16H,2,6,9-13H2,1H3,(H,18,19)/t14-,16+/m1/s1. The van der Waals surface area contributed by atoms with Crippen molar-refractivity contribution < 1.29 is 9.53 Å². The summed E-state index contributed by atoms with van der Waals surface area (Å²) in [5.74, 6) is 0.470. The highest BCUT2D eigenvalue weighted by Gasteiger charge is 2.17. The molecule has 2 atom stereocenters. The monoisotopic (exact) mass is 275 g/mol. The Morgan fingerprint density at radius 3 is 2.85 bits per heavy atom. The Labute approximate surface area is 121 Å². The van der Waals surface area contributed by atoms with E-state index in [0.29, 0.717) is 18.4 Å². The minimum atomic E-state index is 0.152. The average molecular weight is 275 g/mol. The molecule has 0 aliphatic carbocycles. The van der Waals surface area contributed by atoms with Crippen molar-refractivity contribution in [2.75, 3.05) is 13.2 Å². The maximum atomic E-state index is 12.0. The predicted molar refractivity (Wildman–Crippen MR) is 80.7 cm³/mol. The van der Waals surface area contributed by atoms with Crippen LogP contribution in [0.1, 0.15) is 50.5 Å². The highest BCUT2D eigenvalue weighted by atomic mass is 16.5. The summed E-state index contributed by atoms with van der Waals surface area (Å²) < 4.78 is 5.56. The van der Waals surface area contributed by atoms with E-state index in [1.165, 1.54) is 5.56 Å². The third-order valence-corrected chi connectivity index (χ3v) is 4.01. The van der Waals surface area contributed by atoms with Crippen molar-refractivity contribution in [1.82, 2.24) is 5.32 Å². The minimum Gasteiger partial charge on any atom is -0.378 e. The van der Waals surface area contributed by atoms with E-state index in [2.05, 4.69) is 24.4 Å². The lowest BCUT2D eigenvalue weighted by Gasteiger charge is -2.16. The van der Waals surface area contributed by atoms with E-state index in [9.17, 15) is 4.79 Å². The molecule has 1 aliphatic rings. The number of nitrogens with one attached hydrogen (secondary N) is 1. The van der Waals surface area contributed by atoms with Crippen LogP contribution in [0.4, 0.5) is 0 Å². The van der Waals surface area contributed by atoms with E-state index in [4.69, 9.17) is 4.74 Å². The van der Waals surface area contributed by atoms with E-state index in [0.717, 1.165) is 38.8 Å². The van der Waals surface area contributed by atoms with Gasteiger partial charge in [0.15, 0.2) is 0 Å². The molecule has 1 aliphatic heterocycles. The highest BCUT2D eigenvalue weighted by Crippen LogP contribution is 2.22. The highest BCUT2D eigenvalue weighted by molar-refractivity contribution is 5.76. The first-order valence-electron chi connectivity index (χ1n) is 7.73. The fourth-order valence-corrected chi connectivity index (χ4v) is 2.76. The molecule has 0 spiro atoms. The number of ether oxygens (including phenoxy) is 1. The van der Waals surface area contributed by atoms with Crippen molar-refractivity contribution in [3.63, 3.8) is 0 Å². The molecule has 1 N–H and O–H groups in total. The molecule has 1 aromatic rings. The first-order chi connectivity index (χ1) is 9.79. The van der Waals surface area contributed by atoms with Crippen LogP contribution in [-0.2, 0) is 9.53 Å². The molecule has 2 rings (SSSR count). The Morgan fingerprint density at radius 2 is 2.20 bits per heavy atom. The number of hydrogen-bond acceptors (Lipinski definition) is 2. The molecule has 3 heteroatoms. The second-order valence-corrected chi connectivity index (χ2v) is 5.49. The molecule has 1 fully saturated rings. The Morgan fingerprint density at radius 1 is 1.40 bits per heavy atom. The first kappa shape index (κ1) is 15.0. The van der Waals surface area contributed by atoms with Gasteiger partial charge in [-0.05, 0) is 37.2 Å². The van der Waals surface area contributed by atoms with Gasteiger partial charge in [-0.25, -0.2) is 0 Å². The van der Waals surface area contributed by atoms with E-state index >= 15 is 0 Å². The van der Waals surface area contributed by atoms with Crippen LogP contribution in [0.3, 0.4) is 0 Å². The lowest BCUT2D eigenvalue weighted by atomic mass is 9.93. The van der Waals surface area contributed by atoms with Crippen LogP contribution in [0.25, 0.3) is 0 Å². The van der Waals surface area contributed by atoms with Crippen LogP contribution < -0.4 is 5.32 Å². The molecular weight excluding hydrogens is 250 g/mol. The molecule has 1 heterocycles. The molecule has 0 radical (unpaired) electrons. The first-order valence-corrected chi connectivity index (χ1v) is 7.73. The molecule has 1 aromatic carbocycles. The Bertz CT molecular complexity index is 399. The molecule has 1 amide bonds. The number of carbonyl (C=O) groups is 1. The fourth-order valence-electron chi connectivity index (χ4n) is 2.76. The van der Waals surface area contributed by atoms with Crippen molar-refractivity contribution in [2.24, 2.45) is 0 Å². The second kappa shape index (κ2) is 8.05. The van der Waals surface area contributed by atoms with Gasteiger partial charge in [0, 0.05) is 19.6 Å². The van der Waals surface area contributed by atoms with Crippen LogP contribution >= 0.6 is 0 Å². The van der Waals surface area contributed by atoms with Crippen LogP contribution in [-0.4, -0.2) is 25.2 Å². The normalized spacial score (nSPS) is 19.8. The average Bonchev–Trinajstić information content (AvgIpc) is 2.99. The van der Waals surface area contributed by atoms with Crippen LogP contribution in [0.2, 0.25) is 0 Å². The molecule has 110 valence electrons. The molecule has 0 bridgehead atoms. The van der Waals surface area contributed by atoms with E-state index in [1.807, 2.05) is 18.2 Å². The zero-order valence-corrected chi connectivity index (χ0v) is 12.3. The van der Waals surface area contributed by atoms with Crippen molar-refractivity contribution in [3.05, 3.63) is 35.9 Å². The quantitative estimate of drug-likeness (QED) is 0.829. The molecule has 1 saturated heterocycles. The van der Waals surface area contributed by atoms with Crippen molar-refractivity contribution >= 4 is 5.91 Å². The summed E-state index contributed by atoms with van der Waals surface area (Å²) in [6.45, 7) is 3.75. The summed E-state index contributed by atoms with van der Waals surface area (Å²) >= 11 is 0. The third-order valence-electron chi connectivity index (χ3n) is 4.01. The number of benzene rings is 1. The molecule has 0 unspecified atom stereocenters. The molecule has 0 saturated carbocycles. The van der Waals surface area contributed by atoms with Crippen LogP contribution in [0.5, 0.6) is 0 Å². The van der Waals surface area contributed by atoms with E-state index in [1.54, 1.807) is 0 Å². The Hall–Kier alpha value is -1.35. The van der Waals surface area contributed by atoms with Gasteiger partial charge in [0.05, 0.1) is 6.10 Å². The summed E-state index contributed by atoms with van der Waals surface area (Å²) in [7, 11) is 0. The fraction of sp³-hybridized carbons (Fsp3) is 0.588. The lowest BCUT2D eigenvalue weighted by Crippen LogP contribution is -2.28. The van der Waals surface area contributed by atoms with Gasteiger partial charge in [0.2, 0.25) is 5.91 Å². The molecule has 20 heavy (non-hydrogen) atoms. The maximum absolute atomic E-state index is 12.0. The van der Waals surface area contributed by atoms with E-state index < -0.39 is 0 Å². The smallest absolute Gasteiger partial charge is 0.220 e. The second-order valence-electron chi connectivity index (χ2n) is 5.49. The number of rotatable bonds is 7. The number of carbonyl (C=O) groups excluding carboxylic acids is 1. The summed E-state index contributed by atoms with van der Waals surface area (Å²) in [5.41, 5.74) is 1.25. The van der Waals surface area contributed by atoms with Gasteiger partial charge in [-0.1, -0.05) is 37.3 Å². The van der Waals surface area contributed by atoms with Crippen LogP contribution in [0, 0.1) is 0 Å². The molecule has 0 aromatic heterocycles. The van der Waals surface area contributed by atoms with Gasteiger partial charge < -0.3 is 10.1 Å². The summed E-state index contributed by atoms with van der Waals surface area (Å²) in [5, 5.41) is 3.03. The van der Waals surface area contributed by atoms with Gasteiger partial charge in [0.1, 0.15) is 0 Å². The van der Waals surface area contributed by atoms with Gasteiger partial charge >= 0.3 is 0 Å². The van der Waals surface area contributed by atoms with Gasteiger partial charge in [-0.3, -0.25) is 4.79 Å². The van der Waals surface area contributed by atoms with Crippen molar-refractivity contribution in [3.8, 4) is 0 Å². The zero-order chi connectivity index (χ0) is 14.2. The maximum Gasteiger partial charge on any atom is 0.220 e. The van der Waals surface area contributed by atoms with Gasteiger partial charge in [0.25, 0.3) is 0 Å². The Balaban J connectivity index is 1.72. The van der Waals surface area contributed by atoms with Crippen molar-refractivity contribution in [1.29, 1.82) is 0 Å². The number of amides is 1. The summed E-state index contributed by atoms with van der Waals surface area (Å²) in [6.07, 6.45) is 5.15. The zero-order valence-electron chi connectivity index (χ0n) is 12.3. The predicted octanol–water partition coefficient (Wildman–Crippen LogP) is 3.26. The molecule has 3 nitrogen and oxygen atoms in total. The van der Waals surface area contributed by atoms with Gasteiger partial charge in [-0.2, -0.15) is 0 Å². The molecular formula is C17H25NO2. The summed E-state index contributed by atoms with van der Waals surface area (Å²) in [6, 6.07) is 10.3. The van der Waals surface area contributed by atoms with Crippen molar-refractivity contribution in [2.45, 2.75) is 51.0 Å². The topological polar surface area (TPSA) is 38.3 Å². The van der Waals surface area contributed by atoms with Crippen LogP contribution in [0.15, 0.2) is 30.3 Å². The number of hydrogen-bond donors (Lipinski definition) is 1. The largest absolute Gasteiger partial charge is 0.378 e. The lowest BCUT2D eigenvalue weighted by molar-refractivity contribution is -0.121. The third kappa shape index (κ3) is 4.64. The minimum absolute atomic E-state index is 0.152. The summed E-state index contributed by atoms with van der Waals surface area (Å²) in [4.78, 5) is 12.0. The Kier molecular flexibility index (Phi) is 6.06. The van der Waals surface area contributed by atoms with E-state index in [-0.39, 0.29) is 5.91 Å². The van der Waals surface area contributed by atoms with Gasteiger partial charge in [-0.15, -0.1) is 0 Å².